The fourth-order valence-electron chi connectivity index (χ4n) is 1.51. The summed E-state index contributed by atoms with van der Waals surface area (Å²) in [5, 5.41) is 2.69. The van der Waals surface area contributed by atoms with E-state index >= 15 is 0 Å². The van der Waals surface area contributed by atoms with Gasteiger partial charge in [0.2, 0.25) is 15.9 Å². The molecule has 1 rings (SSSR count). The van der Waals surface area contributed by atoms with Crippen molar-refractivity contribution in [3.05, 3.63) is 30.3 Å². The van der Waals surface area contributed by atoms with Gasteiger partial charge < -0.3 is 11.1 Å². The predicted molar refractivity (Wildman–Crippen MR) is 84.8 cm³/mol. The van der Waals surface area contributed by atoms with Crippen molar-refractivity contribution in [1.29, 1.82) is 0 Å². The molecule has 0 aliphatic heterocycles. The summed E-state index contributed by atoms with van der Waals surface area (Å²) in [6, 6.07) is 8.08. The van der Waals surface area contributed by atoms with Gasteiger partial charge >= 0.3 is 0 Å². The van der Waals surface area contributed by atoms with Crippen LogP contribution in [-0.2, 0) is 14.8 Å². The Morgan fingerprint density at radius 2 is 1.86 bits per heavy atom. The van der Waals surface area contributed by atoms with Crippen LogP contribution in [0, 0.1) is 0 Å². The normalized spacial score (nSPS) is 12.3. The number of carbonyl (C=O) groups is 1. The second-order valence-electron chi connectivity index (χ2n) is 4.58. The molecule has 0 bridgehead atoms. The minimum atomic E-state index is -3.54. The topological polar surface area (TPSA) is 101 Å². The maximum absolute atomic E-state index is 11.9. The van der Waals surface area contributed by atoms with Crippen LogP contribution in [0.25, 0.3) is 0 Å². The Kier molecular flexibility index (Phi) is 9.19. The van der Waals surface area contributed by atoms with Gasteiger partial charge in [-0.05, 0) is 25.5 Å². The van der Waals surface area contributed by atoms with Crippen molar-refractivity contribution in [3.8, 4) is 0 Å². The summed E-state index contributed by atoms with van der Waals surface area (Å²) in [5.74, 6) is -0.193. The van der Waals surface area contributed by atoms with E-state index < -0.39 is 10.0 Å². The molecule has 1 atom stereocenters. The molecule has 0 aromatic heterocycles. The molecule has 1 aromatic rings. The summed E-state index contributed by atoms with van der Waals surface area (Å²) >= 11 is 0. The van der Waals surface area contributed by atoms with Crippen LogP contribution in [0.4, 0.5) is 0 Å². The predicted octanol–water partition coefficient (Wildman–Crippen LogP) is 0.630. The number of nitrogens with two attached hydrogens (primary N) is 1. The number of amides is 1. The third-order valence-corrected chi connectivity index (χ3v) is 4.10. The van der Waals surface area contributed by atoms with E-state index in [9.17, 15) is 13.2 Å². The molecule has 8 heteroatoms. The SMILES string of the molecule is CC(N)CCNC(=O)CCNS(=O)(=O)c1ccccc1.Cl. The highest BCUT2D eigenvalue weighted by Crippen LogP contribution is 2.06. The van der Waals surface area contributed by atoms with Crippen LogP contribution in [0.15, 0.2) is 35.2 Å². The fourth-order valence-corrected chi connectivity index (χ4v) is 2.56. The van der Waals surface area contributed by atoms with E-state index in [1.165, 1.54) is 12.1 Å². The van der Waals surface area contributed by atoms with Gasteiger partial charge in [-0.3, -0.25) is 4.79 Å². The summed E-state index contributed by atoms with van der Waals surface area (Å²) in [4.78, 5) is 11.7. The average Bonchev–Trinajstić information content (AvgIpc) is 2.39. The Labute approximate surface area is 132 Å². The Morgan fingerprint density at radius 1 is 1.24 bits per heavy atom. The average molecular weight is 336 g/mol. The molecule has 4 N–H and O–H groups in total. The molecule has 0 fully saturated rings. The third kappa shape index (κ3) is 8.01. The lowest BCUT2D eigenvalue weighted by Gasteiger charge is -2.08. The highest BCUT2D eigenvalue weighted by Gasteiger charge is 2.13. The zero-order valence-electron chi connectivity index (χ0n) is 11.9. The van der Waals surface area contributed by atoms with Crippen LogP contribution >= 0.6 is 12.4 Å². The van der Waals surface area contributed by atoms with Gasteiger partial charge in [0.25, 0.3) is 0 Å². The number of hydrogen-bond donors (Lipinski definition) is 3. The number of nitrogens with one attached hydrogen (secondary N) is 2. The monoisotopic (exact) mass is 335 g/mol. The van der Waals surface area contributed by atoms with Gasteiger partial charge in [-0.25, -0.2) is 13.1 Å². The summed E-state index contributed by atoms with van der Waals surface area (Å²) in [6.45, 7) is 2.43. The summed E-state index contributed by atoms with van der Waals surface area (Å²) in [7, 11) is -3.54. The Bertz CT molecular complexity index is 521. The quantitative estimate of drug-likeness (QED) is 0.648. The maximum Gasteiger partial charge on any atom is 0.240 e. The third-order valence-electron chi connectivity index (χ3n) is 2.62. The highest BCUT2D eigenvalue weighted by atomic mass is 35.5. The second kappa shape index (κ2) is 9.73. The number of sulfonamides is 1. The van der Waals surface area contributed by atoms with E-state index in [1.54, 1.807) is 18.2 Å². The minimum Gasteiger partial charge on any atom is -0.356 e. The number of halogens is 1. The van der Waals surface area contributed by atoms with Crippen molar-refractivity contribution in [2.45, 2.75) is 30.7 Å². The van der Waals surface area contributed by atoms with E-state index in [-0.39, 0.29) is 42.2 Å². The smallest absolute Gasteiger partial charge is 0.240 e. The first kappa shape index (κ1) is 19.9. The van der Waals surface area contributed by atoms with Crippen LogP contribution < -0.4 is 15.8 Å². The molecule has 0 radical (unpaired) electrons. The fraction of sp³-hybridized carbons (Fsp3) is 0.462. The van der Waals surface area contributed by atoms with Crippen molar-refractivity contribution in [2.75, 3.05) is 13.1 Å². The zero-order chi connectivity index (χ0) is 15.0. The summed E-state index contributed by atoms with van der Waals surface area (Å²) in [5.41, 5.74) is 5.56. The first-order chi connectivity index (χ1) is 9.42. The van der Waals surface area contributed by atoms with Gasteiger partial charge in [0.05, 0.1) is 4.90 Å². The molecule has 0 saturated heterocycles. The van der Waals surface area contributed by atoms with Gasteiger partial charge in [0.1, 0.15) is 0 Å². The van der Waals surface area contributed by atoms with Crippen molar-refractivity contribution in [3.63, 3.8) is 0 Å². The van der Waals surface area contributed by atoms with Crippen molar-refractivity contribution < 1.29 is 13.2 Å². The van der Waals surface area contributed by atoms with E-state index in [2.05, 4.69) is 10.0 Å². The molecule has 1 amide bonds. The minimum absolute atomic E-state index is 0. The lowest BCUT2D eigenvalue weighted by molar-refractivity contribution is -0.120. The maximum atomic E-state index is 11.9. The zero-order valence-corrected chi connectivity index (χ0v) is 13.5. The van der Waals surface area contributed by atoms with Crippen LogP contribution in [-0.4, -0.2) is 33.5 Å². The van der Waals surface area contributed by atoms with Gasteiger partial charge in [-0.1, -0.05) is 18.2 Å². The molecule has 21 heavy (non-hydrogen) atoms. The Balaban J connectivity index is 0.00000400. The van der Waals surface area contributed by atoms with Gasteiger partial charge in [0.15, 0.2) is 0 Å². The molecule has 0 aliphatic carbocycles. The Hall–Kier alpha value is -1.15. The van der Waals surface area contributed by atoms with Gasteiger partial charge in [0, 0.05) is 25.6 Å². The van der Waals surface area contributed by atoms with Crippen molar-refractivity contribution >= 4 is 28.3 Å². The molecule has 0 aliphatic rings. The molecule has 0 spiro atoms. The van der Waals surface area contributed by atoms with Crippen LogP contribution in [0.3, 0.4) is 0 Å². The van der Waals surface area contributed by atoms with E-state index in [4.69, 9.17) is 5.73 Å². The molecular formula is C13H22ClN3O3S. The molecule has 1 unspecified atom stereocenters. The summed E-state index contributed by atoms with van der Waals surface area (Å²) in [6.07, 6.45) is 0.798. The Morgan fingerprint density at radius 3 is 2.43 bits per heavy atom. The largest absolute Gasteiger partial charge is 0.356 e. The van der Waals surface area contributed by atoms with Crippen LogP contribution in [0.5, 0.6) is 0 Å². The molecule has 1 aromatic carbocycles. The summed E-state index contributed by atoms with van der Waals surface area (Å²) < 4.78 is 26.1. The number of rotatable bonds is 8. The second-order valence-corrected chi connectivity index (χ2v) is 6.34. The molecular weight excluding hydrogens is 314 g/mol. The lowest BCUT2D eigenvalue weighted by Crippen LogP contribution is -2.32. The number of hydrogen-bond acceptors (Lipinski definition) is 4. The van der Waals surface area contributed by atoms with E-state index in [1.807, 2.05) is 6.92 Å². The van der Waals surface area contributed by atoms with E-state index in [0.717, 1.165) is 0 Å². The number of benzene rings is 1. The molecule has 0 saturated carbocycles. The first-order valence-corrected chi connectivity index (χ1v) is 7.97. The number of carbonyl (C=O) groups excluding carboxylic acids is 1. The van der Waals surface area contributed by atoms with Crippen molar-refractivity contribution in [1.82, 2.24) is 10.0 Å². The molecule has 0 heterocycles. The van der Waals surface area contributed by atoms with Crippen LogP contribution in [0.1, 0.15) is 19.8 Å². The van der Waals surface area contributed by atoms with E-state index in [0.29, 0.717) is 13.0 Å². The first-order valence-electron chi connectivity index (χ1n) is 6.49. The van der Waals surface area contributed by atoms with Crippen LogP contribution in [0.2, 0.25) is 0 Å². The van der Waals surface area contributed by atoms with Crippen molar-refractivity contribution in [2.24, 2.45) is 5.73 Å². The molecule has 6 nitrogen and oxygen atoms in total. The molecule has 120 valence electrons. The van der Waals surface area contributed by atoms with Gasteiger partial charge in [-0.2, -0.15) is 0 Å². The lowest BCUT2D eigenvalue weighted by atomic mass is 10.2. The highest BCUT2D eigenvalue weighted by molar-refractivity contribution is 7.89. The standard InChI is InChI=1S/C13H21N3O3S.ClH/c1-11(14)7-9-15-13(17)8-10-16-20(18,19)12-5-3-2-4-6-12;/h2-6,11,16H,7-10,14H2,1H3,(H,15,17);1H. The van der Waals surface area contributed by atoms with Gasteiger partial charge in [-0.15, -0.1) is 12.4 Å².